The van der Waals surface area contributed by atoms with Crippen molar-refractivity contribution in [1.82, 2.24) is 19.1 Å². The highest BCUT2D eigenvalue weighted by Crippen LogP contribution is 2.22. The van der Waals surface area contributed by atoms with Gasteiger partial charge in [-0.05, 0) is 42.3 Å². The number of carbonyl (C=O) groups excluding carboxylic acids is 1. The topological polar surface area (TPSA) is 108 Å². The number of benzene rings is 2. The average Bonchev–Trinajstić information content (AvgIpc) is 2.81. The molecule has 0 aliphatic heterocycles. The third-order valence-electron chi connectivity index (χ3n) is 5.04. The van der Waals surface area contributed by atoms with E-state index in [0.717, 1.165) is 14.7 Å². The van der Waals surface area contributed by atoms with Gasteiger partial charge in [-0.15, -0.1) is 0 Å². The standard InChI is InChI=1S/C23H20ClN5O4/c1-14-3-8-18(17(24)11-14)27-19(30)13-28-21-20(25-9-10-26-21)22(31)29(23(28)32)12-15-4-6-16(33-2)7-5-15/h3-11H,12-13H2,1-2H3,(H,27,30). The quantitative estimate of drug-likeness (QED) is 0.469. The van der Waals surface area contributed by atoms with Gasteiger partial charge in [0.1, 0.15) is 12.3 Å². The predicted octanol–water partition coefficient (Wildman–Crippen LogP) is 2.61. The van der Waals surface area contributed by atoms with Crippen LogP contribution >= 0.6 is 11.6 Å². The molecule has 0 saturated heterocycles. The van der Waals surface area contributed by atoms with E-state index >= 15 is 0 Å². The summed E-state index contributed by atoms with van der Waals surface area (Å²) < 4.78 is 7.31. The Hall–Kier alpha value is -3.98. The van der Waals surface area contributed by atoms with Crippen LogP contribution in [0.2, 0.25) is 5.02 Å². The Bertz CT molecular complexity index is 1460. The molecule has 2 heterocycles. The van der Waals surface area contributed by atoms with Gasteiger partial charge in [0, 0.05) is 12.4 Å². The number of aryl methyl sites for hydroxylation is 1. The number of aromatic nitrogens is 4. The lowest BCUT2D eigenvalue weighted by Crippen LogP contribution is -2.42. The van der Waals surface area contributed by atoms with Crippen molar-refractivity contribution >= 4 is 34.4 Å². The lowest BCUT2D eigenvalue weighted by Gasteiger charge is -2.14. The summed E-state index contributed by atoms with van der Waals surface area (Å²) in [5, 5.41) is 3.07. The molecule has 1 amide bonds. The van der Waals surface area contributed by atoms with E-state index in [1.54, 1.807) is 43.5 Å². The lowest BCUT2D eigenvalue weighted by atomic mass is 10.2. The lowest BCUT2D eigenvalue weighted by molar-refractivity contribution is -0.116. The van der Waals surface area contributed by atoms with E-state index in [2.05, 4.69) is 15.3 Å². The van der Waals surface area contributed by atoms with E-state index in [4.69, 9.17) is 16.3 Å². The van der Waals surface area contributed by atoms with E-state index in [-0.39, 0.29) is 24.3 Å². The second-order valence-electron chi connectivity index (χ2n) is 7.37. The number of hydrogen-bond donors (Lipinski definition) is 1. The van der Waals surface area contributed by atoms with Crippen LogP contribution in [0.5, 0.6) is 5.75 Å². The molecule has 0 aliphatic rings. The normalized spacial score (nSPS) is 10.9. The Kier molecular flexibility index (Phi) is 6.23. The number of nitrogens with one attached hydrogen (secondary N) is 1. The van der Waals surface area contributed by atoms with Crippen molar-refractivity contribution in [2.24, 2.45) is 0 Å². The van der Waals surface area contributed by atoms with Crippen molar-refractivity contribution in [2.75, 3.05) is 12.4 Å². The number of methoxy groups -OCH3 is 1. The molecule has 0 fully saturated rings. The maximum Gasteiger partial charge on any atom is 0.333 e. The van der Waals surface area contributed by atoms with Crippen LogP contribution in [0.1, 0.15) is 11.1 Å². The van der Waals surface area contributed by atoms with Crippen molar-refractivity contribution in [1.29, 1.82) is 0 Å². The summed E-state index contributed by atoms with van der Waals surface area (Å²) in [5.41, 5.74) is 0.838. The van der Waals surface area contributed by atoms with Crippen molar-refractivity contribution in [2.45, 2.75) is 20.0 Å². The van der Waals surface area contributed by atoms with E-state index < -0.39 is 17.2 Å². The first-order valence-corrected chi connectivity index (χ1v) is 10.4. The van der Waals surface area contributed by atoms with Gasteiger partial charge in [-0.2, -0.15) is 0 Å². The monoisotopic (exact) mass is 465 g/mol. The van der Waals surface area contributed by atoms with E-state index in [9.17, 15) is 14.4 Å². The van der Waals surface area contributed by atoms with Gasteiger partial charge in [0.25, 0.3) is 5.56 Å². The van der Waals surface area contributed by atoms with E-state index in [1.807, 2.05) is 13.0 Å². The molecule has 0 saturated carbocycles. The third kappa shape index (κ3) is 4.63. The van der Waals surface area contributed by atoms with Crippen LogP contribution in [-0.4, -0.2) is 32.1 Å². The first-order chi connectivity index (χ1) is 15.9. The Morgan fingerprint density at radius 3 is 2.48 bits per heavy atom. The molecule has 0 spiro atoms. The number of carbonyl (C=O) groups is 1. The Balaban J connectivity index is 1.73. The van der Waals surface area contributed by atoms with E-state index in [0.29, 0.717) is 22.0 Å². The number of fused-ring (bicyclic) bond motifs is 1. The van der Waals surface area contributed by atoms with Gasteiger partial charge in [0.05, 0.1) is 24.4 Å². The third-order valence-corrected chi connectivity index (χ3v) is 5.36. The highest BCUT2D eigenvalue weighted by atomic mass is 35.5. The summed E-state index contributed by atoms with van der Waals surface area (Å²) >= 11 is 6.20. The molecule has 0 atom stereocenters. The van der Waals surface area contributed by atoms with Crippen LogP contribution in [0.4, 0.5) is 5.69 Å². The summed E-state index contributed by atoms with van der Waals surface area (Å²) in [4.78, 5) is 47.2. The van der Waals surface area contributed by atoms with Gasteiger partial charge in [0.2, 0.25) is 5.91 Å². The molecule has 0 unspecified atom stereocenters. The van der Waals surface area contributed by atoms with Crippen molar-refractivity contribution in [3.05, 3.63) is 91.8 Å². The van der Waals surface area contributed by atoms with Crippen molar-refractivity contribution in [3.63, 3.8) is 0 Å². The molecule has 4 rings (SSSR count). The fraction of sp³-hybridized carbons (Fsp3) is 0.174. The fourth-order valence-electron chi connectivity index (χ4n) is 3.38. The summed E-state index contributed by atoms with van der Waals surface area (Å²) in [7, 11) is 1.55. The maximum atomic E-state index is 13.3. The largest absolute Gasteiger partial charge is 0.497 e. The molecule has 2 aromatic carbocycles. The molecule has 0 radical (unpaired) electrons. The van der Waals surface area contributed by atoms with Crippen molar-refractivity contribution < 1.29 is 9.53 Å². The summed E-state index contributed by atoms with van der Waals surface area (Å²) in [6.45, 7) is 1.51. The number of anilines is 1. The maximum absolute atomic E-state index is 13.3. The fourth-order valence-corrected chi connectivity index (χ4v) is 3.66. The molecular formula is C23H20ClN5O4. The van der Waals surface area contributed by atoms with Crippen molar-refractivity contribution in [3.8, 4) is 5.75 Å². The predicted molar refractivity (Wildman–Crippen MR) is 125 cm³/mol. The summed E-state index contributed by atoms with van der Waals surface area (Å²) in [5.74, 6) is 0.156. The molecule has 9 nitrogen and oxygen atoms in total. The molecule has 168 valence electrons. The number of hydrogen-bond acceptors (Lipinski definition) is 6. The number of ether oxygens (including phenoxy) is 1. The van der Waals surface area contributed by atoms with Crippen LogP contribution in [0.3, 0.4) is 0 Å². The zero-order valence-corrected chi connectivity index (χ0v) is 18.7. The molecule has 4 aromatic rings. The first-order valence-electron chi connectivity index (χ1n) is 10.0. The second kappa shape index (κ2) is 9.25. The summed E-state index contributed by atoms with van der Waals surface area (Å²) in [6.07, 6.45) is 2.72. The van der Waals surface area contributed by atoms with Gasteiger partial charge in [-0.1, -0.05) is 29.8 Å². The minimum atomic E-state index is -0.672. The molecular weight excluding hydrogens is 446 g/mol. The minimum absolute atomic E-state index is 0.000412. The van der Waals surface area contributed by atoms with Crippen LogP contribution in [0.25, 0.3) is 11.2 Å². The molecule has 0 bridgehead atoms. The minimum Gasteiger partial charge on any atom is -0.497 e. The molecule has 0 aliphatic carbocycles. The number of amides is 1. The van der Waals surface area contributed by atoms with Gasteiger partial charge < -0.3 is 10.1 Å². The second-order valence-corrected chi connectivity index (χ2v) is 7.78. The zero-order valence-electron chi connectivity index (χ0n) is 17.9. The SMILES string of the molecule is COc1ccc(Cn2c(=O)c3nccnc3n(CC(=O)Nc3ccc(C)cc3Cl)c2=O)cc1. The smallest absolute Gasteiger partial charge is 0.333 e. The first kappa shape index (κ1) is 22.2. The number of rotatable bonds is 6. The number of nitrogens with zero attached hydrogens (tertiary/aromatic N) is 4. The van der Waals surface area contributed by atoms with Gasteiger partial charge in [-0.25, -0.2) is 14.8 Å². The molecule has 10 heteroatoms. The molecule has 33 heavy (non-hydrogen) atoms. The van der Waals surface area contributed by atoms with Crippen LogP contribution in [0, 0.1) is 6.92 Å². The number of halogens is 1. The summed E-state index contributed by atoms with van der Waals surface area (Å²) in [6, 6.07) is 12.2. The zero-order chi connectivity index (χ0) is 23.5. The highest BCUT2D eigenvalue weighted by Gasteiger charge is 2.18. The van der Waals surface area contributed by atoms with E-state index in [1.165, 1.54) is 12.4 Å². The van der Waals surface area contributed by atoms with Gasteiger partial charge >= 0.3 is 5.69 Å². The molecule has 2 aromatic heterocycles. The average molecular weight is 466 g/mol. The van der Waals surface area contributed by atoms with Crippen LogP contribution in [0.15, 0.2) is 64.4 Å². The molecule has 1 N–H and O–H groups in total. The van der Waals surface area contributed by atoms with Gasteiger partial charge in [-0.3, -0.25) is 18.7 Å². The van der Waals surface area contributed by atoms with Crippen LogP contribution in [-0.2, 0) is 17.9 Å². The van der Waals surface area contributed by atoms with Gasteiger partial charge in [0.15, 0.2) is 11.2 Å². The Morgan fingerprint density at radius 2 is 1.79 bits per heavy atom. The van der Waals surface area contributed by atoms with Crippen LogP contribution < -0.4 is 21.3 Å². The highest BCUT2D eigenvalue weighted by molar-refractivity contribution is 6.33. The Labute approximate surface area is 193 Å². The Morgan fingerprint density at radius 1 is 1.06 bits per heavy atom.